The molecule has 1 heterocycles. The summed E-state index contributed by atoms with van der Waals surface area (Å²) in [6.07, 6.45) is -4.25. The highest BCUT2D eigenvalue weighted by molar-refractivity contribution is 5.92. The van der Waals surface area contributed by atoms with Gasteiger partial charge in [0.1, 0.15) is 18.2 Å². The number of hydrogen-bond acceptors (Lipinski definition) is 6. The van der Waals surface area contributed by atoms with E-state index in [4.69, 9.17) is 9.84 Å². The van der Waals surface area contributed by atoms with Crippen LogP contribution >= 0.6 is 0 Å². The molecular weight excluding hydrogens is 206 g/mol. The molecule has 0 aromatic carbocycles. The predicted octanol–water partition coefficient (Wildman–Crippen LogP) is -2.87. The van der Waals surface area contributed by atoms with Crippen LogP contribution in [-0.4, -0.2) is 58.2 Å². The summed E-state index contributed by atoms with van der Waals surface area (Å²) in [7, 11) is 0. The van der Waals surface area contributed by atoms with Crippen LogP contribution in [0.2, 0.25) is 0 Å². The molecule has 15 heavy (non-hydrogen) atoms. The molecule has 1 fully saturated rings. The molecular formula is C8H13NO6. The largest absolute Gasteiger partial charge is 0.394 e. The van der Waals surface area contributed by atoms with Crippen molar-refractivity contribution in [3.8, 4) is 0 Å². The van der Waals surface area contributed by atoms with Crippen LogP contribution in [0.3, 0.4) is 0 Å². The third kappa shape index (κ3) is 2.51. The molecule has 0 spiro atoms. The fourth-order valence-corrected chi connectivity index (χ4v) is 1.34. The molecule has 1 saturated heterocycles. The lowest BCUT2D eigenvalue weighted by molar-refractivity contribution is -0.215. The van der Waals surface area contributed by atoms with Crippen LogP contribution in [-0.2, 0) is 14.3 Å². The van der Waals surface area contributed by atoms with Crippen molar-refractivity contribution in [1.82, 2.24) is 5.32 Å². The molecule has 4 atom stereocenters. The Balaban J connectivity index is 2.75. The van der Waals surface area contributed by atoms with Crippen LogP contribution in [0.5, 0.6) is 0 Å². The van der Waals surface area contributed by atoms with Gasteiger partial charge in [-0.2, -0.15) is 0 Å². The van der Waals surface area contributed by atoms with Crippen molar-refractivity contribution >= 4 is 11.7 Å². The van der Waals surface area contributed by atoms with Gasteiger partial charge in [0, 0.05) is 6.92 Å². The van der Waals surface area contributed by atoms with Crippen molar-refractivity contribution in [3.05, 3.63) is 0 Å². The van der Waals surface area contributed by atoms with Crippen molar-refractivity contribution in [1.29, 1.82) is 0 Å². The van der Waals surface area contributed by atoms with Crippen molar-refractivity contribution in [2.45, 2.75) is 31.5 Å². The summed E-state index contributed by atoms with van der Waals surface area (Å²) < 4.78 is 4.75. The van der Waals surface area contributed by atoms with E-state index in [1.165, 1.54) is 6.92 Å². The standard InChI is InChI=1S/C8H13NO6/c1-3(11)9-5-7(13)6(12)4(2-10)15-8(5)14/h4-6,8,10,12,14H,2H2,1H3,(H,9,11)/t4-,5+,6+,8+/m0/s1. The van der Waals surface area contributed by atoms with Crippen molar-refractivity contribution in [2.75, 3.05) is 6.61 Å². The predicted molar refractivity (Wildman–Crippen MR) is 46.6 cm³/mol. The Morgan fingerprint density at radius 2 is 2.13 bits per heavy atom. The number of carbonyl (C=O) groups excluding carboxylic acids is 2. The van der Waals surface area contributed by atoms with E-state index in [1.54, 1.807) is 0 Å². The van der Waals surface area contributed by atoms with E-state index < -0.39 is 42.8 Å². The molecule has 0 unspecified atom stereocenters. The molecule has 7 nitrogen and oxygen atoms in total. The molecule has 86 valence electrons. The SMILES string of the molecule is CC(=O)N[C@@H]1C(=O)[C@H](O)[C@H](CO)O[C@H]1O. The Labute approximate surface area is 85.7 Å². The fourth-order valence-electron chi connectivity index (χ4n) is 1.34. The van der Waals surface area contributed by atoms with Gasteiger partial charge in [0.15, 0.2) is 12.1 Å². The van der Waals surface area contributed by atoms with Crippen LogP contribution in [0.15, 0.2) is 0 Å². The van der Waals surface area contributed by atoms with Crippen molar-refractivity contribution in [3.63, 3.8) is 0 Å². The van der Waals surface area contributed by atoms with Crippen LogP contribution in [0.4, 0.5) is 0 Å². The highest BCUT2D eigenvalue weighted by Crippen LogP contribution is 2.15. The molecule has 0 aromatic rings. The Morgan fingerprint density at radius 1 is 1.53 bits per heavy atom. The average molecular weight is 219 g/mol. The summed E-state index contributed by atoms with van der Waals surface area (Å²) in [6, 6.07) is -1.29. The maximum atomic E-state index is 11.4. The van der Waals surface area contributed by atoms with Crippen LogP contribution in [0.25, 0.3) is 0 Å². The number of hydrogen-bond donors (Lipinski definition) is 4. The number of carbonyl (C=O) groups is 2. The van der Waals surface area contributed by atoms with Crippen LogP contribution in [0, 0.1) is 0 Å². The maximum Gasteiger partial charge on any atom is 0.217 e. The number of amides is 1. The first kappa shape index (κ1) is 12.1. The third-order valence-electron chi connectivity index (χ3n) is 2.09. The maximum absolute atomic E-state index is 11.4. The van der Waals surface area contributed by atoms with E-state index in [0.29, 0.717) is 0 Å². The zero-order valence-electron chi connectivity index (χ0n) is 8.08. The number of nitrogens with one attached hydrogen (secondary N) is 1. The third-order valence-corrected chi connectivity index (χ3v) is 2.09. The summed E-state index contributed by atoms with van der Waals surface area (Å²) in [5.74, 6) is -1.30. The Kier molecular flexibility index (Phi) is 3.75. The van der Waals surface area contributed by atoms with Gasteiger partial charge in [-0.1, -0.05) is 0 Å². The van der Waals surface area contributed by atoms with Crippen LogP contribution in [0.1, 0.15) is 6.92 Å². The summed E-state index contributed by atoms with van der Waals surface area (Å²) in [6.45, 7) is 0.585. The molecule has 0 bridgehead atoms. The first-order valence-corrected chi connectivity index (χ1v) is 4.40. The van der Waals surface area contributed by atoms with Gasteiger partial charge in [-0.15, -0.1) is 0 Å². The highest BCUT2D eigenvalue weighted by Gasteiger charge is 2.43. The van der Waals surface area contributed by atoms with Gasteiger partial charge >= 0.3 is 0 Å². The summed E-state index contributed by atoms with van der Waals surface area (Å²) in [4.78, 5) is 22.1. The molecule has 1 amide bonds. The molecule has 1 aliphatic heterocycles. The number of aliphatic hydroxyl groups excluding tert-OH is 3. The normalized spacial score (nSPS) is 36.4. The second kappa shape index (κ2) is 4.67. The molecule has 1 rings (SSSR count). The van der Waals surface area contributed by atoms with Gasteiger partial charge in [-0.3, -0.25) is 9.59 Å². The van der Waals surface area contributed by atoms with Gasteiger partial charge in [-0.25, -0.2) is 0 Å². The first-order chi connectivity index (χ1) is 6.97. The zero-order chi connectivity index (χ0) is 11.6. The van der Waals surface area contributed by atoms with Gasteiger partial charge in [0.25, 0.3) is 0 Å². The molecule has 4 N–H and O–H groups in total. The lowest BCUT2D eigenvalue weighted by atomic mass is 9.99. The van der Waals surface area contributed by atoms with E-state index >= 15 is 0 Å². The van der Waals surface area contributed by atoms with E-state index in [0.717, 1.165) is 0 Å². The average Bonchev–Trinajstić information content (AvgIpc) is 2.18. The van der Waals surface area contributed by atoms with Crippen LogP contribution < -0.4 is 5.32 Å². The monoisotopic (exact) mass is 219 g/mol. The minimum absolute atomic E-state index is 0.523. The van der Waals surface area contributed by atoms with E-state index in [9.17, 15) is 19.8 Å². The van der Waals surface area contributed by atoms with Gasteiger partial charge in [-0.05, 0) is 0 Å². The smallest absolute Gasteiger partial charge is 0.217 e. The van der Waals surface area contributed by atoms with Gasteiger partial charge in [0.2, 0.25) is 5.91 Å². The summed E-state index contributed by atoms with van der Waals surface area (Å²) in [5, 5.41) is 29.5. The molecule has 0 aromatic heterocycles. The Morgan fingerprint density at radius 3 is 2.60 bits per heavy atom. The first-order valence-electron chi connectivity index (χ1n) is 4.40. The Bertz CT molecular complexity index is 268. The van der Waals surface area contributed by atoms with E-state index in [2.05, 4.69) is 5.32 Å². The number of ketones is 1. The molecule has 0 aliphatic carbocycles. The minimum Gasteiger partial charge on any atom is -0.394 e. The highest BCUT2D eigenvalue weighted by atomic mass is 16.6. The number of aliphatic hydroxyl groups is 3. The quantitative estimate of drug-likeness (QED) is 0.397. The molecule has 7 heteroatoms. The molecule has 0 radical (unpaired) electrons. The van der Waals surface area contributed by atoms with Gasteiger partial charge in [0.05, 0.1) is 6.61 Å². The lowest BCUT2D eigenvalue weighted by Gasteiger charge is -2.34. The van der Waals surface area contributed by atoms with Crippen molar-refractivity contribution < 1.29 is 29.6 Å². The van der Waals surface area contributed by atoms with E-state index in [1.807, 2.05) is 0 Å². The molecule has 0 saturated carbocycles. The lowest BCUT2D eigenvalue weighted by Crippen LogP contribution is -2.61. The minimum atomic E-state index is -1.55. The number of Topliss-reactive ketones (excluding diaryl/α,β-unsaturated/α-hetero) is 1. The molecule has 1 aliphatic rings. The van der Waals surface area contributed by atoms with Crippen molar-refractivity contribution in [2.24, 2.45) is 0 Å². The summed E-state index contributed by atoms with van der Waals surface area (Å²) >= 11 is 0. The zero-order valence-corrected chi connectivity index (χ0v) is 8.08. The Hall–Kier alpha value is -1.02. The number of ether oxygens (including phenoxy) is 1. The van der Waals surface area contributed by atoms with E-state index in [-0.39, 0.29) is 0 Å². The topological polar surface area (TPSA) is 116 Å². The number of rotatable bonds is 2. The second-order valence-electron chi connectivity index (χ2n) is 3.27. The van der Waals surface area contributed by atoms with Gasteiger partial charge < -0.3 is 25.4 Å². The summed E-state index contributed by atoms with van der Waals surface area (Å²) in [5.41, 5.74) is 0. The fraction of sp³-hybridized carbons (Fsp3) is 0.750. The second-order valence-corrected chi connectivity index (χ2v) is 3.27.